The van der Waals surface area contributed by atoms with E-state index in [9.17, 15) is 34.9 Å². The predicted octanol–water partition coefficient (Wildman–Crippen LogP) is 5.77. The molecule has 0 saturated heterocycles. The molecule has 0 unspecified atom stereocenters. The molecule has 0 radical (unpaired) electrons. The Labute approximate surface area is 183 Å². The number of benzene rings is 3. The van der Waals surface area contributed by atoms with Gasteiger partial charge in [0.1, 0.15) is 11.5 Å². The first-order valence-electron chi connectivity index (χ1n) is 8.57. The molecule has 3 aromatic rings. The molecule has 164 valence electrons. The molecule has 0 amide bonds. The molecular weight excluding hydrogens is 465 g/mol. The van der Waals surface area contributed by atoms with Gasteiger partial charge in [0.2, 0.25) is 0 Å². The number of non-ortho nitro benzene ring substituents is 3. The summed E-state index contributed by atoms with van der Waals surface area (Å²) >= 11 is 0.643. The van der Waals surface area contributed by atoms with E-state index in [1.807, 2.05) is 0 Å². The van der Waals surface area contributed by atoms with Crippen molar-refractivity contribution in [3.63, 3.8) is 0 Å². The van der Waals surface area contributed by atoms with E-state index < -0.39 is 21.6 Å². The maximum Gasteiger partial charge on any atom is 0.497 e. The van der Waals surface area contributed by atoms with Crippen LogP contribution in [0.15, 0.2) is 77.7 Å². The molecule has 0 N–H and O–H groups in total. The maximum absolute atomic E-state index is 13.5. The average Bonchev–Trinajstić information content (AvgIpc) is 2.74. The van der Waals surface area contributed by atoms with Crippen LogP contribution in [0.25, 0.3) is 0 Å². The van der Waals surface area contributed by atoms with Crippen LogP contribution in [-0.2, 0) is 4.57 Å². The zero-order valence-corrected chi connectivity index (χ0v) is 17.5. The Balaban J connectivity index is 1.89. The second-order valence-electron chi connectivity index (χ2n) is 5.97. The summed E-state index contributed by atoms with van der Waals surface area (Å²) in [7, 11) is 0. The van der Waals surface area contributed by atoms with E-state index in [1.54, 1.807) is 0 Å². The highest BCUT2D eigenvalue weighted by Crippen LogP contribution is 2.62. The molecule has 3 rings (SSSR count). The molecule has 0 spiro atoms. The molecular formula is C18H12N3O9PS. The lowest BCUT2D eigenvalue weighted by Gasteiger charge is -2.19. The third kappa shape index (κ3) is 5.80. The quantitative estimate of drug-likeness (QED) is 0.210. The molecule has 14 heteroatoms. The first kappa shape index (κ1) is 22.7. The summed E-state index contributed by atoms with van der Waals surface area (Å²) < 4.78 is 24.5. The first-order chi connectivity index (χ1) is 15.1. The minimum atomic E-state index is -4.09. The molecule has 0 aliphatic heterocycles. The Morgan fingerprint density at radius 3 is 1.22 bits per heavy atom. The van der Waals surface area contributed by atoms with Crippen LogP contribution < -0.4 is 9.05 Å². The van der Waals surface area contributed by atoms with E-state index in [-0.39, 0.29) is 28.6 Å². The van der Waals surface area contributed by atoms with Crippen molar-refractivity contribution in [2.24, 2.45) is 0 Å². The van der Waals surface area contributed by atoms with Crippen LogP contribution in [0.5, 0.6) is 11.5 Å². The summed E-state index contributed by atoms with van der Waals surface area (Å²) in [4.78, 5) is 31.0. The van der Waals surface area contributed by atoms with Gasteiger partial charge in [0.05, 0.1) is 14.8 Å². The van der Waals surface area contributed by atoms with Crippen LogP contribution >= 0.6 is 18.2 Å². The van der Waals surface area contributed by atoms with Crippen molar-refractivity contribution >= 4 is 35.2 Å². The number of hydrogen-bond acceptors (Lipinski definition) is 10. The maximum atomic E-state index is 13.5. The lowest BCUT2D eigenvalue weighted by Crippen LogP contribution is -1.99. The average molecular weight is 477 g/mol. The first-order valence-corrected chi connectivity index (χ1v) is 11.5. The normalized spacial score (nSPS) is 10.9. The van der Waals surface area contributed by atoms with Crippen molar-refractivity contribution in [2.45, 2.75) is 4.90 Å². The molecule has 0 aliphatic rings. The standard InChI is InChI=1S/C18H12N3O9PS/c22-19(23)13-1-7-16(8-2-13)29-31(28,30-17-9-3-14(4-10-17)20(24)25)32-18-11-5-15(6-12-18)21(26)27/h1-12H. The second kappa shape index (κ2) is 9.45. The van der Waals surface area contributed by atoms with Gasteiger partial charge in [-0.05, 0) is 36.4 Å². The van der Waals surface area contributed by atoms with E-state index in [0.717, 1.165) is 24.3 Å². The van der Waals surface area contributed by atoms with Crippen molar-refractivity contribution in [3.8, 4) is 11.5 Å². The number of nitro benzene ring substituents is 3. The Hall–Kier alpha value is -3.96. The monoisotopic (exact) mass is 477 g/mol. The van der Waals surface area contributed by atoms with Gasteiger partial charge in [-0.25, -0.2) is 4.57 Å². The molecule has 0 bridgehead atoms. The fourth-order valence-electron chi connectivity index (χ4n) is 2.33. The van der Waals surface area contributed by atoms with Crippen LogP contribution in [0.1, 0.15) is 0 Å². The minimum Gasteiger partial charge on any atom is -0.408 e. The highest BCUT2D eigenvalue weighted by atomic mass is 32.7. The van der Waals surface area contributed by atoms with Crippen molar-refractivity contribution < 1.29 is 28.4 Å². The zero-order chi connectivity index (χ0) is 23.3. The third-order valence-electron chi connectivity index (χ3n) is 3.79. The van der Waals surface area contributed by atoms with E-state index in [0.29, 0.717) is 16.3 Å². The summed E-state index contributed by atoms with van der Waals surface area (Å²) in [5, 5.41) is 32.5. The molecule has 12 nitrogen and oxygen atoms in total. The second-order valence-corrected chi connectivity index (χ2v) is 9.78. The molecule has 0 fully saturated rings. The molecule has 0 saturated carbocycles. The summed E-state index contributed by atoms with van der Waals surface area (Å²) in [5.74, 6) is 0.0190. The summed E-state index contributed by atoms with van der Waals surface area (Å²) in [6, 6.07) is 14.7. The predicted molar refractivity (Wildman–Crippen MR) is 114 cm³/mol. The van der Waals surface area contributed by atoms with Crippen LogP contribution in [-0.4, -0.2) is 14.8 Å². The number of rotatable bonds is 9. The van der Waals surface area contributed by atoms with Crippen molar-refractivity contribution in [3.05, 3.63) is 103 Å². The van der Waals surface area contributed by atoms with Gasteiger partial charge >= 0.3 is 6.80 Å². The SMILES string of the molecule is O=[N+]([O-])c1ccc(OP(=O)(Oc2ccc([N+](=O)[O-])cc2)Sc2ccc([N+](=O)[O-])cc2)cc1. The highest BCUT2D eigenvalue weighted by Gasteiger charge is 2.31. The topological polar surface area (TPSA) is 165 Å². The summed E-state index contributed by atoms with van der Waals surface area (Å²) in [6.45, 7) is -4.09. The lowest BCUT2D eigenvalue weighted by molar-refractivity contribution is -0.385. The van der Waals surface area contributed by atoms with Crippen molar-refractivity contribution in [2.75, 3.05) is 0 Å². The highest BCUT2D eigenvalue weighted by molar-refractivity contribution is 8.55. The Morgan fingerprint density at radius 2 is 0.906 bits per heavy atom. The van der Waals surface area contributed by atoms with Gasteiger partial charge in [-0.15, -0.1) is 0 Å². The molecule has 0 aromatic heterocycles. The Morgan fingerprint density at radius 1 is 0.594 bits per heavy atom. The Kier molecular flexibility index (Phi) is 6.71. The smallest absolute Gasteiger partial charge is 0.408 e. The Bertz CT molecular complexity index is 1050. The molecule has 0 atom stereocenters. The molecule has 0 heterocycles. The number of nitro groups is 3. The molecule has 0 aliphatic carbocycles. The molecule has 3 aromatic carbocycles. The fraction of sp³-hybridized carbons (Fsp3) is 0. The van der Waals surface area contributed by atoms with Crippen molar-refractivity contribution in [1.29, 1.82) is 0 Å². The fourth-order valence-corrected chi connectivity index (χ4v) is 5.60. The van der Waals surface area contributed by atoms with Crippen molar-refractivity contribution in [1.82, 2.24) is 0 Å². The van der Waals surface area contributed by atoms with Gasteiger partial charge in [0.25, 0.3) is 17.1 Å². The van der Waals surface area contributed by atoms with Gasteiger partial charge in [0, 0.05) is 52.7 Å². The van der Waals surface area contributed by atoms with Gasteiger partial charge < -0.3 is 9.05 Å². The van der Waals surface area contributed by atoms with Crippen LogP contribution in [0.4, 0.5) is 17.1 Å². The van der Waals surface area contributed by atoms with Crippen LogP contribution in [0, 0.1) is 30.3 Å². The third-order valence-corrected chi connectivity index (χ3v) is 7.12. The number of hydrogen-bond donors (Lipinski definition) is 0. The van der Waals surface area contributed by atoms with E-state index in [2.05, 4.69) is 0 Å². The van der Waals surface area contributed by atoms with E-state index in [1.165, 1.54) is 48.5 Å². The van der Waals surface area contributed by atoms with E-state index in [4.69, 9.17) is 9.05 Å². The minimum absolute atomic E-state index is 0.00950. The number of nitrogens with zero attached hydrogens (tertiary/aromatic N) is 3. The summed E-state index contributed by atoms with van der Waals surface area (Å²) in [5.41, 5.74) is -0.574. The largest absolute Gasteiger partial charge is 0.497 e. The van der Waals surface area contributed by atoms with Gasteiger partial charge in [-0.1, -0.05) is 0 Å². The van der Waals surface area contributed by atoms with Crippen LogP contribution in [0.2, 0.25) is 0 Å². The van der Waals surface area contributed by atoms with Gasteiger partial charge in [-0.3, -0.25) is 30.3 Å². The van der Waals surface area contributed by atoms with Crippen LogP contribution in [0.3, 0.4) is 0 Å². The molecule has 32 heavy (non-hydrogen) atoms. The lowest BCUT2D eigenvalue weighted by atomic mass is 10.3. The van der Waals surface area contributed by atoms with E-state index >= 15 is 0 Å². The van der Waals surface area contributed by atoms with Gasteiger partial charge in [-0.2, -0.15) is 0 Å². The zero-order valence-electron chi connectivity index (χ0n) is 15.8. The summed E-state index contributed by atoms with van der Waals surface area (Å²) in [6.07, 6.45) is 0. The van der Waals surface area contributed by atoms with Gasteiger partial charge in [0.15, 0.2) is 0 Å².